The molecule has 0 aliphatic carbocycles. The summed E-state index contributed by atoms with van der Waals surface area (Å²) in [7, 11) is -3.32. The molecule has 0 spiro atoms. The lowest BCUT2D eigenvalue weighted by atomic mass is 9.93. The second kappa shape index (κ2) is 6.45. The molecule has 0 aliphatic rings. The maximum Gasteiger partial charge on any atom is 0.179 e. The van der Waals surface area contributed by atoms with Gasteiger partial charge in [-0.3, -0.25) is 0 Å². The Balaban J connectivity index is 2.84. The number of halogens is 1. The molecule has 0 amide bonds. The van der Waals surface area contributed by atoms with Gasteiger partial charge in [0, 0.05) is 16.3 Å². The third-order valence-electron chi connectivity index (χ3n) is 2.70. The Labute approximate surface area is 129 Å². The Morgan fingerprint density at radius 3 is 2.50 bits per heavy atom. The molecule has 0 aromatic heterocycles. The van der Waals surface area contributed by atoms with E-state index in [1.165, 1.54) is 6.26 Å². The third-order valence-corrected chi connectivity index (χ3v) is 4.31. The van der Waals surface area contributed by atoms with Crippen LogP contribution in [0.25, 0.3) is 0 Å². The molecule has 0 radical (unpaired) electrons. The van der Waals surface area contributed by atoms with Crippen LogP contribution in [0, 0.1) is 5.92 Å². The monoisotopic (exact) mass is 363 g/mol. The van der Waals surface area contributed by atoms with Crippen molar-refractivity contribution in [3.63, 3.8) is 0 Å². The molecule has 0 saturated heterocycles. The number of nitrogens with two attached hydrogens (primary N) is 1. The van der Waals surface area contributed by atoms with Gasteiger partial charge in [0.25, 0.3) is 0 Å². The maximum absolute atomic E-state index is 11.8. The van der Waals surface area contributed by atoms with Crippen LogP contribution in [-0.4, -0.2) is 26.8 Å². The topological polar surface area (TPSA) is 69.4 Å². The number of sulfone groups is 1. The zero-order valence-electron chi connectivity index (χ0n) is 12.3. The van der Waals surface area contributed by atoms with Crippen LogP contribution < -0.4 is 10.5 Å². The van der Waals surface area contributed by atoms with Crippen LogP contribution in [0.4, 0.5) is 0 Å². The van der Waals surface area contributed by atoms with Crippen molar-refractivity contribution in [3.05, 3.63) is 22.7 Å². The molecule has 0 aliphatic heterocycles. The third kappa shape index (κ3) is 5.81. The Morgan fingerprint density at radius 2 is 2.00 bits per heavy atom. The van der Waals surface area contributed by atoms with Crippen LogP contribution in [0.2, 0.25) is 0 Å². The fourth-order valence-corrected chi connectivity index (χ4v) is 3.43. The van der Waals surface area contributed by atoms with Crippen LogP contribution >= 0.6 is 15.9 Å². The standard InChI is InChI=1S/C14H22BrNO3S/c1-10(8-14(2,3)16)9-19-12-6-5-11(15)7-13(12)20(4,17)18/h5-7,10H,8-9,16H2,1-4H3/t10-/m0/s1. The predicted octanol–water partition coefficient (Wildman–Crippen LogP) is 2.99. The van der Waals surface area contributed by atoms with Gasteiger partial charge in [0.2, 0.25) is 0 Å². The van der Waals surface area contributed by atoms with Crippen LogP contribution in [0.5, 0.6) is 5.75 Å². The average molecular weight is 364 g/mol. The molecule has 6 heteroatoms. The number of ether oxygens (including phenoxy) is 1. The van der Waals surface area contributed by atoms with Crippen molar-refractivity contribution in [3.8, 4) is 5.75 Å². The lowest BCUT2D eigenvalue weighted by Crippen LogP contribution is -2.35. The highest BCUT2D eigenvalue weighted by molar-refractivity contribution is 9.10. The minimum atomic E-state index is -3.32. The highest BCUT2D eigenvalue weighted by Crippen LogP contribution is 2.28. The van der Waals surface area contributed by atoms with Crippen molar-refractivity contribution < 1.29 is 13.2 Å². The largest absolute Gasteiger partial charge is 0.492 e. The van der Waals surface area contributed by atoms with E-state index >= 15 is 0 Å². The van der Waals surface area contributed by atoms with E-state index in [9.17, 15) is 8.42 Å². The molecule has 0 heterocycles. The van der Waals surface area contributed by atoms with Gasteiger partial charge in [-0.15, -0.1) is 0 Å². The molecule has 20 heavy (non-hydrogen) atoms. The summed E-state index contributed by atoms with van der Waals surface area (Å²) in [4.78, 5) is 0.200. The lowest BCUT2D eigenvalue weighted by Gasteiger charge is -2.23. The normalized spacial score (nSPS) is 14.1. The summed E-state index contributed by atoms with van der Waals surface area (Å²) >= 11 is 3.27. The van der Waals surface area contributed by atoms with E-state index in [1.54, 1.807) is 18.2 Å². The second-order valence-corrected chi connectivity index (χ2v) is 8.87. The first kappa shape index (κ1) is 17.5. The first-order valence-electron chi connectivity index (χ1n) is 6.40. The molecule has 2 N–H and O–H groups in total. The van der Waals surface area contributed by atoms with Gasteiger partial charge < -0.3 is 10.5 Å². The molecule has 1 aromatic rings. The number of hydrogen-bond acceptors (Lipinski definition) is 4. The van der Waals surface area contributed by atoms with Crippen molar-refractivity contribution in [1.29, 1.82) is 0 Å². The van der Waals surface area contributed by atoms with Gasteiger partial charge in [0.15, 0.2) is 9.84 Å². The Morgan fingerprint density at radius 1 is 1.40 bits per heavy atom. The van der Waals surface area contributed by atoms with Gasteiger partial charge in [0.1, 0.15) is 10.6 Å². The van der Waals surface area contributed by atoms with E-state index < -0.39 is 9.84 Å². The fraction of sp³-hybridized carbons (Fsp3) is 0.571. The van der Waals surface area contributed by atoms with Crippen LogP contribution in [0.3, 0.4) is 0 Å². The van der Waals surface area contributed by atoms with Crippen molar-refractivity contribution in [2.75, 3.05) is 12.9 Å². The van der Waals surface area contributed by atoms with Crippen molar-refractivity contribution in [2.24, 2.45) is 11.7 Å². The summed E-state index contributed by atoms with van der Waals surface area (Å²) in [6.45, 7) is 6.40. The molecule has 1 rings (SSSR count). The molecule has 0 bridgehead atoms. The van der Waals surface area contributed by atoms with Gasteiger partial charge in [-0.2, -0.15) is 0 Å². The SMILES string of the molecule is C[C@H](COc1ccc(Br)cc1S(C)(=O)=O)CC(C)(C)N. The number of hydrogen-bond donors (Lipinski definition) is 1. The maximum atomic E-state index is 11.8. The summed E-state index contributed by atoms with van der Waals surface area (Å²) in [5, 5.41) is 0. The highest BCUT2D eigenvalue weighted by atomic mass is 79.9. The van der Waals surface area contributed by atoms with Crippen LogP contribution in [0.15, 0.2) is 27.6 Å². The molecule has 1 atom stereocenters. The van der Waals surface area contributed by atoms with Crippen molar-refractivity contribution in [1.82, 2.24) is 0 Å². The zero-order valence-corrected chi connectivity index (χ0v) is 14.7. The first-order valence-corrected chi connectivity index (χ1v) is 9.09. The first-order chi connectivity index (χ1) is 8.99. The van der Waals surface area contributed by atoms with Gasteiger partial charge in [-0.25, -0.2) is 8.42 Å². The Hall–Kier alpha value is -0.590. The molecule has 114 valence electrons. The molecular formula is C14H22BrNO3S. The Bertz CT molecular complexity index is 564. The highest BCUT2D eigenvalue weighted by Gasteiger charge is 2.19. The van der Waals surface area contributed by atoms with Gasteiger partial charge in [0.05, 0.1) is 6.61 Å². The molecule has 0 unspecified atom stereocenters. The smallest absolute Gasteiger partial charge is 0.179 e. The number of benzene rings is 1. The fourth-order valence-electron chi connectivity index (χ4n) is 2.08. The lowest BCUT2D eigenvalue weighted by molar-refractivity contribution is 0.225. The summed E-state index contributed by atoms with van der Waals surface area (Å²) in [6, 6.07) is 4.99. The summed E-state index contributed by atoms with van der Waals surface area (Å²) in [5.74, 6) is 0.628. The van der Waals surface area contributed by atoms with Crippen molar-refractivity contribution in [2.45, 2.75) is 37.6 Å². The van der Waals surface area contributed by atoms with Crippen LogP contribution in [0.1, 0.15) is 27.2 Å². The number of rotatable bonds is 6. The Kier molecular flexibility index (Phi) is 5.63. The summed E-state index contributed by atoms with van der Waals surface area (Å²) < 4.78 is 29.9. The van der Waals surface area contributed by atoms with Gasteiger partial charge >= 0.3 is 0 Å². The van der Waals surface area contributed by atoms with E-state index in [-0.39, 0.29) is 16.4 Å². The molecule has 1 aromatic carbocycles. The molecule has 4 nitrogen and oxygen atoms in total. The van der Waals surface area contributed by atoms with E-state index in [1.807, 2.05) is 20.8 Å². The van der Waals surface area contributed by atoms with Gasteiger partial charge in [-0.1, -0.05) is 22.9 Å². The van der Waals surface area contributed by atoms with E-state index in [0.29, 0.717) is 16.8 Å². The molecule has 0 fully saturated rings. The van der Waals surface area contributed by atoms with E-state index in [2.05, 4.69) is 15.9 Å². The quantitative estimate of drug-likeness (QED) is 0.843. The predicted molar refractivity (Wildman–Crippen MR) is 84.8 cm³/mol. The molecular weight excluding hydrogens is 342 g/mol. The second-order valence-electron chi connectivity index (χ2n) is 5.97. The average Bonchev–Trinajstić information content (AvgIpc) is 2.23. The summed E-state index contributed by atoms with van der Waals surface area (Å²) in [5.41, 5.74) is 5.70. The molecule has 0 saturated carbocycles. The minimum absolute atomic E-state index is 0.200. The zero-order chi connectivity index (χ0) is 15.6. The van der Waals surface area contributed by atoms with Crippen LogP contribution in [-0.2, 0) is 9.84 Å². The summed E-state index contributed by atoms with van der Waals surface area (Å²) in [6.07, 6.45) is 1.98. The van der Waals surface area contributed by atoms with E-state index in [4.69, 9.17) is 10.5 Å². The van der Waals surface area contributed by atoms with Crippen molar-refractivity contribution >= 4 is 25.8 Å². The minimum Gasteiger partial charge on any atom is -0.492 e. The van der Waals surface area contributed by atoms with Gasteiger partial charge in [-0.05, 0) is 44.4 Å². The van der Waals surface area contributed by atoms with E-state index in [0.717, 1.165) is 6.42 Å².